The van der Waals surface area contributed by atoms with E-state index in [0.29, 0.717) is 17.1 Å². The third-order valence-corrected chi connectivity index (χ3v) is 7.13. The summed E-state index contributed by atoms with van der Waals surface area (Å²) < 4.78 is 26.1. The van der Waals surface area contributed by atoms with Gasteiger partial charge in [0.15, 0.2) is 0 Å². The second-order valence-corrected chi connectivity index (χ2v) is 10.2. The highest BCUT2D eigenvalue weighted by molar-refractivity contribution is 7.92. The summed E-state index contributed by atoms with van der Waals surface area (Å²) in [6.45, 7) is 3.61. The van der Waals surface area contributed by atoms with E-state index in [4.69, 9.17) is 11.6 Å². The number of anilines is 1. The largest absolute Gasteiger partial charge is 0.347 e. The van der Waals surface area contributed by atoms with Gasteiger partial charge in [-0.1, -0.05) is 42.8 Å². The first-order valence-corrected chi connectivity index (χ1v) is 12.6. The van der Waals surface area contributed by atoms with Crippen molar-refractivity contribution < 1.29 is 13.2 Å². The van der Waals surface area contributed by atoms with Gasteiger partial charge in [-0.05, 0) is 73.9 Å². The fourth-order valence-corrected chi connectivity index (χ4v) is 5.46. The monoisotopic (exact) mass is 448 g/mol. The Morgan fingerprint density at radius 2 is 1.83 bits per heavy atom. The van der Waals surface area contributed by atoms with Crippen LogP contribution in [0.2, 0.25) is 5.02 Å². The highest BCUT2D eigenvalue weighted by atomic mass is 35.5. The lowest BCUT2D eigenvalue weighted by Crippen LogP contribution is -2.48. The summed E-state index contributed by atoms with van der Waals surface area (Å²) >= 11 is 6.05. The molecule has 1 amide bonds. The predicted octanol–water partition coefficient (Wildman–Crippen LogP) is 4.64. The number of fused-ring (bicyclic) bond motifs is 1. The minimum Gasteiger partial charge on any atom is -0.347 e. The molecule has 0 aliphatic heterocycles. The molecule has 0 heterocycles. The molecule has 2 aromatic carbocycles. The first-order chi connectivity index (χ1) is 14.2. The molecule has 0 spiro atoms. The number of sulfonamides is 1. The third kappa shape index (κ3) is 5.16. The number of nitrogens with one attached hydrogen (secondary N) is 1. The summed E-state index contributed by atoms with van der Waals surface area (Å²) in [5, 5.41) is 3.46. The molecule has 2 aromatic rings. The van der Waals surface area contributed by atoms with E-state index in [2.05, 4.69) is 23.5 Å². The molecule has 30 heavy (non-hydrogen) atoms. The molecule has 0 bridgehead atoms. The Morgan fingerprint density at radius 3 is 2.47 bits per heavy atom. The molecular formula is C23H29ClN2O3S. The van der Waals surface area contributed by atoms with Gasteiger partial charge in [-0.25, -0.2) is 8.42 Å². The average molecular weight is 449 g/mol. The van der Waals surface area contributed by atoms with Crippen LogP contribution < -0.4 is 9.62 Å². The lowest BCUT2D eigenvalue weighted by molar-refractivity contribution is -0.122. The normalized spacial score (nSPS) is 15.7. The van der Waals surface area contributed by atoms with Crippen LogP contribution in [0.15, 0.2) is 42.5 Å². The minimum absolute atomic E-state index is 0.173. The van der Waals surface area contributed by atoms with Crippen molar-refractivity contribution in [3.8, 4) is 0 Å². The van der Waals surface area contributed by atoms with E-state index < -0.39 is 16.1 Å². The lowest BCUT2D eigenvalue weighted by atomic mass is 9.88. The topological polar surface area (TPSA) is 66.5 Å². The van der Waals surface area contributed by atoms with E-state index in [-0.39, 0.29) is 11.9 Å². The van der Waals surface area contributed by atoms with Gasteiger partial charge in [0, 0.05) is 5.02 Å². The third-order valence-electron chi connectivity index (χ3n) is 5.65. The van der Waals surface area contributed by atoms with Crippen LogP contribution in [0, 0.1) is 0 Å². The van der Waals surface area contributed by atoms with E-state index in [1.807, 2.05) is 6.92 Å². The second-order valence-electron chi connectivity index (χ2n) is 7.92. The standard InChI is InChI=1S/C23H29ClN2O3S/c1-4-22(19-13-12-17-8-5-6-9-18(17)14-19)25-23(27)16(2)26(30(3,28)29)21-11-7-10-20(24)15-21/h7,10-16,22H,4-6,8-9H2,1-3H3,(H,25,27). The average Bonchev–Trinajstić information content (AvgIpc) is 2.70. The Hall–Kier alpha value is -2.05. The molecule has 0 fully saturated rings. The molecule has 2 unspecified atom stereocenters. The number of carbonyl (C=O) groups is 1. The summed E-state index contributed by atoms with van der Waals surface area (Å²) in [5.41, 5.74) is 4.18. The van der Waals surface area contributed by atoms with E-state index >= 15 is 0 Å². The Labute approximate surface area is 184 Å². The quantitative estimate of drug-likeness (QED) is 0.670. The number of carbonyl (C=O) groups excluding carboxylic acids is 1. The minimum atomic E-state index is -3.68. The van der Waals surface area contributed by atoms with Gasteiger partial charge in [0.25, 0.3) is 0 Å². The molecule has 7 heteroatoms. The Kier molecular flexibility index (Phi) is 7.09. The van der Waals surface area contributed by atoms with Crippen LogP contribution in [-0.2, 0) is 27.7 Å². The number of hydrogen-bond acceptors (Lipinski definition) is 3. The van der Waals surface area contributed by atoms with Crippen molar-refractivity contribution in [2.75, 3.05) is 10.6 Å². The molecule has 0 saturated heterocycles. The van der Waals surface area contributed by atoms with Crippen LogP contribution in [0.25, 0.3) is 0 Å². The zero-order valence-electron chi connectivity index (χ0n) is 17.7. The van der Waals surface area contributed by atoms with Gasteiger partial charge in [0.05, 0.1) is 18.0 Å². The first kappa shape index (κ1) is 22.6. The Morgan fingerprint density at radius 1 is 1.13 bits per heavy atom. The number of benzene rings is 2. The van der Waals surface area contributed by atoms with Gasteiger partial charge in [-0.2, -0.15) is 0 Å². The van der Waals surface area contributed by atoms with Crippen LogP contribution in [0.1, 0.15) is 55.8 Å². The maximum absolute atomic E-state index is 13.1. The van der Waals surface area contributed by atoms with Crippen LogP contribution in [0.4, 0.5) is 5.69 Å². The van der Waals surface area contributed by atoms with Crippen LogP contribution in [-0.4, -0.2) is 26.6 Å². The molecule has 1 aliphatic rings. The number of halogens is 1. The smallest absolute Gasteiger partial charge is 0.244 e. The highest BCUT2D eigenvalue weighted by Gasteiger charge is 2.30. The fraction of sp³-hybridized carbons (Fsp3) is 0.435. The van der Waals surface area contributed by atoms with Gasteiger partial charge in [0.2, 0.25) is 15.9 Å². The summed E-state index contributed by atoms with van der Waals surface area (Å²) in [6.07, 6.45) is 6.41. The molecule has 1 aliphatic carbocycles. The number of amides is 1. The molecule has 1 N–H and O–H groups in total. The molecule has 162 valence electrons. The van der Waals surface area contributed by atoms with Crippen molar-refractivity contribution in [2.45, 2.75) is 58.0 Å². The molecule has 0 aromatic heterocycles. The van der Waals surface area contributed by atoms with Crippen LogP contribution in [0.5, 0.6) is 0 Å². The maximum atomic E-state index is 13.1. The van der Waals surface area contributed by atoms with Crippen molar-refractivity contribution in [3.63, 3.8) is 0 Å². The second kappa shape index (κ2) is 9.40. The van der Waals surface area contributed by atoms with Crippen molar-refractivity contribution in [1.29, 1.82) is 0 Å². The number of nitrogens with zero attached hydrogens (tertiary/aromatic N) is 1. The molecule has 0 saturated carbocycles. The van der Waals surface area contributed by atoms with E-state index in [9.17, 15) is 13.2 Å². The maximum Gasteiger partial charge on any atom is 0.244 e. The fourth-order valence-electron chi connectivity index (χ4n) is 4.11. The van der Waals surface area contributed by atoms with Crippen molar-refractivity contribution in [2.24, 2.45) is 0 Å². The molecule has 0 radical (unpaired) electrons. The summed E-state index contributed by atoms with van der Waals surface area (Å²) in [5.74, 6) is -0.343. The van der Waals surface area contributed by atoms with Gasteiger partial charge < -0.3 is 5.32 Å². The van der Waals surface area contributed by atoms with Gasteiger partial charge in [-0.3, -0.25) is 9.10 Å². The van der Waals surface area contributed by atoms with Crippen LogP contribution >= 0.6 is 11.6 Å². The van der Waals surface area contributed by atoms with E-state index in [0.717, 1.165) is 29.0 Å². The predicted molar refractivity (Wildman–Crippen MR) is 122 cm³/mol. The van der Waals surface area contributed by atoms with Crippen molar-refractivity contribution in [1.82, 2.24) is 5.32 Å². The van der Waals surface area contributed by atoms with Crippen molar-refractivity contribution in [3.05, 3.63) is 64.2 Å². The van der Waals surface area contributed by atoms with Gasteiger partial charge in [-0.15, -0.1) is 0 Å². The summed E-state index contributed by atoms with van der Waals surface area (Å²) in [7, 11) is -3.68. The summed E-state index contributed by atoms with van der Waals surface area (Å²) in [6, 6.07) is 11.9. The van der Waals surface area contributed by atoms with Crippen molar-refractivity contribution >= 4 is 33.2 Å². The number of aryl methyl sites for hydroxylation is 2. The first-order valence-electron chi connectivity index (χ1n) is 10.4. The Balaban J connectivity index is 1.83. The molecule has 2 atom stereocenters. The van der Waals surface area contributed by atoms with Crippen LogP contribution in [0.3, 0.4) is 0 Å². The van der Waals surface area contributed by atoms with E-state index in [1.165, 1.54) is 24.0 Å². The SMILES string of the molecule is CCC(NC(=O)C(C)N(c1cccc(Cl)c1)S(C)(=O)=O)c1ccc2c(c1)CCCC2. The van der Waals surface area contributed by atoms with Gasteiger partial charge >= 0.3 is 0 Å². The van der Waals surface area contributed by atoms with Gasteiger partial charge in [0.1, 0.15) is 6.04 Å². The highest BCUT2D eigenvalue weighted by Crippen LogP contribution is 2.27. The Bertz CT molecular complexity index is 1020. The molecule has 3 rings (SSSR count). The lowest BCUT2D eigenvalue weighted by Gasteiger charge is -2.30. The summed E-state index contributed by atoms with van der Waals surface area (Å²) in [4.78, 5) is 13.1. The number of rotatable bonds is 7. The zero-order valence-corrected chi connectivity index (χ0v) is 19.3. The zero-order chi connectivity index (χ0) is 21.9. The van der Waals surface area contributed by atoms with E-state index in [1.54, 1.807) is 31.2 Å². The molecule has 5 nitrogen and oxygen atoms in total. The number of hydrogen-bond donors (Lipinski definition) is 1. The molecular weight excluding hydrogens is 420 g/mol.